The minimum atomic E-state index is 0.513. The molecule has 4 heteroatoms. The van der Waals surface area contributed by atoms with Gasteiger partial charge in [0.05, 0.1) is 12.7 Å². The molecule has 18 heavy (non-hydrogen) atoms. The minimum absolute atomic E-state index is 0.513. The number of nitrogens with one attached hydrogen (secondary N) is 2. The van der Waals surface area contributed by atoms with Crippen molar-refractivity contribution in [3.63, 3.8) is 0 Å². The van der Waals surface area contributed by atoms with E-state index in [1.54, 1.807) is 0 Å². The Morgan fingerprint density at radius 3 is 3.22 bits per heavy atom. The second kappa shape index (κ2) is 6.87. The van der Waals surface area contributed by atoms with Gasteiger partial charge in [0, 0.05) is 30.8 Å². The molecule has 0 amide bonds. The Labute approximate surface area is 108 Å². The van der Waals surface area contributed by atoms with Crippen LogP contribution in [0, 0.1) is 11.3 Å². The lowest BCUT2D eigenvalue weighted by Gasteiger charge is -2.14. The summed E-state index contributed by atoms with van der Waals surface area (Å²) >= 11 is 0. The number of nitriles is 1. The molecule has 1 heterocycles. The van der Waals surface area contributed by atoms with Crippen molar-refractivity contribution in [1.29, 1.82) is 5.26 Å². The third-order valence-corrected chi connectivity index (χ3v) is 2.97. The van der Waals surface area contributed by atoms with E-state index in [1.165, 1.54) is 0 Å². The predicted octanol–water partition coefficient (Wildman–Crippen LogP) is 2.14. The van der Waals surface area contributed by atoms with E-state index >= 15 is 0 Å². The maximum atomic E-state index is 8.45. The highest BCUT2D eigenvalue weighted by atomic mass is 16.5. The SMILES string of the molecule is N#CCCCOc1cccc(NC2CCNC2)c1. The molecule has 1 saturated heterocycles. The molecule has 0 spiro atoms. The largest absolute Gasteiger partial charge is 0.493 e. The summed E-state index contributed by atoms with van der Waals surface area (Å²) in [5, 5.41) is 15.3. The number of ether oxygens (including phenoxy) is 1. The normalized spacial score (nSPS) is 18.3. The Hall–Kier alpha value is -1.73. The van der Waals surface area contributed by atoms with Crippen LogP contribution >= 0.6 is 0 Å². The second-order valence-corrected chi connectivity index (χ2v) is 4.47. The quantitative estimate of drug-likeness (QED) is 0.754. The van der Waals surface area contributed by atoms with Gasteiger partial charge in [0.1, 0.15) is 5.75 Å². The lowest BCUT2D eigenvalue weighted by molar-refractivity contribution is 0.313. The molecular weight excluding hydrogens is 226 g/mol. The minimum Gasteiger partial charge on any atom is -0.493 e. The summed E-state index contributed by atoms with van der Waals surface area (Å²) in [7, 11) is 0. The summed E-state index contributed by atoms with van der Waals surface area (Å²) < 4.78 is 5.61. The van der Waals surface area contributed by atoms with Crippen LogP contribution in [0.5, 0.6) is 5.75 Å². The van der Waals surface area contributed by atoms with Crippen LogP contribution in [0.25, 0.3) is 0 Å². The molecule has 96 valence electrons. The number of hydrogen-bond donors (Lipinski definition) is 2. The molecule has 4 nitrogen and oxygen atoms in total. The van der Waals surface area contributed by atoms with Gasteiger partial charge in [-0.25, -0.2) is 0 Å². The molecule has 0 saturated carbocycles. The molecule has 0 radical (unpaired) electrons. The lowest BCUT2D eigenvalue weighted by atomic mass is 10.2. The maximum Gasteiger partial charge on any atom is 0.121 e. The molecule has 1 fully saturated rings. The summed E-state index contributed by atoms with van der Waals surface area (Å²) in [6, 6.07) is 10.6. The second-order valence-electron chi connectivity index (χ2n) is 4.47. The van der Waals surface area contributed by atoms with Crippen LogP contribution in [0.1, 0.15) is 19.3 Å². The number of unbranched alkanes of at least 4 members (excludes halogenated alkanes) is 1. The maximum absolute atomic E-state index is 8.45. The van der Waals surface area contributed by atoms with E-state index in [0.29, 0.717) is 19.1 Å². The van der Waals surface area contributed by atoms with Gasteiger partial charge in [0.15, 0.2) is 0 Å². The van der Waals surface area contributed by atoms with Gasteiger partial charge in [0.2, 0.25) is 0 Å². The van der Waals surface area contributed by atoms with E-state index in [0.717, 1.165) is 37.4 Å². The first-order chi connectivity index (χ1) is 8.88. The van der Waals surface area contributed by atoms with Crippen LogP contribution in [0.15, 0.2) is 24.3 Å². The van der Waals surface area contributed by atoms with Crippen molar-refractivity contribution in [3.8, 4) is 11.8 Å². The number of rotatable bonds is 6. The summed E-state index contributed by atoms with van der Waals surface area (Å²) in [5.41, 5.74) is 1.10. The number of benzene rings is 1. The standard InChI is InChI=1S/C14H19N3O/c15-7-1-2-9-18-14-5-3-4-12(10-14)17-13-6-8-16-11-13/h3-5,10,13,16-17H,1-2,6,8-9,11H2. The van der Waals surface area contributed by atoms with E-state index in [9.17, 15) is 0 Å². The summed E-state index contributed by atoms with van der Waals surface area (Å²) in [5.74, 6) is 0.865. The van der Waals surface area contributed by atoms with Crippen LogP contribution in [0.3, 0.4) is 0 Å². The van der Waals surface area contributed by atoms with Crippen LogP contribution in [-0.4, -0.2) is 25.7 Å². The highest BCUT2D eigenvalue weighted by molar-refractivity contribution is 5.49. The topological polar surface area (TPSA) is 57.1 Å². The zero-order valence-electron chi connectivity index (χ0n) is 10.5. The van der Waals surface area contributed by atoms with Crippen molar-refractivity contribution >= 4 is 5.69 Å². The first kappa shape index (κ1) is 12.7. The molecule has 2 rings (SSSR count). The fourth-order valence-electron chi connectivity index (χ4n) is 2.03. The van der Waals surface area contributed by atoms with Gasteiger partial charge in [-0.2, -0.15) is 5.26 Å². The lowest BCUT2D eigenvalue weighted by Crippen LogP contribution is -2.21. The van der Waals surface area contributed by atoms with Crippen LogP contribution in [0.4, 0.5) is 5.69 Å². The number of nitrogens with zero attached hydrogens (tertiary/aromatic N) is 1. The van der Waals surface area contributed by atoms with Gasteiger partial charge in [-0.1, -0.05) is 6.07 Å². The molecule has 0 aliphatic carbocycles. The third-order valence-electron chi connectivity index (χ3n) is 2.97. The fraction of sp³-hybridized carbons (Fsp3) is 0.500. The Kier molecular flexibility index (Phi) is 4.86. The molecule has 2 N–H and O–H groups in total. The van der Waals surface area contributed by atoms with Gasteiger partial charge in [-0.05, 0) is 31.5 Å². The smallest absolute Gasteiger partial charge is 0.121 e. The monoisotopic (exact) mass is 245 g/mol. The van der Waals surface area contributed by atoms with E-state index in [-0.39, 0.29) is 0 Å². The zero-order valence-corrected chi connectivity index (χ0v) is 10.5. The predicted molar refractivity (Wildman–Crippen MR) is 71.7 cm³/mol. The summed E-state index contributed by atoms with van der Waals surface area (Å²) in [4.78, 5) is 0. The van der Waals surface area contributed by atoms with E-state index in [1.807, 2.05) is 18.2 Å². The van der Waals surface area contributed by atoms with E-state index in [4.69, 9.17) is 10.00 Å². The summed E-state index contributed by atoms with van der Waals surface area (Å²) in [6.07, 6.45) is 2.49. The van der Waals surface area contributed by atoms with Crippen LogP contribution in [-0.2, 0) is 0 Å². The van der Waals surface area contributed by atoms with Crippen molar-refractivity contribution in [2.45, 2.75) is 25.3 Å². The molecule has 0 bridgehead atoms. The van der Waals surface area contributed by atoms with Crippen molar-refractivity contribution in [2.24, 2.45) is 0 Å². The first-order valence-electron chi connectivity index (χ1n) is 6.45. The van der Waals surface area contributed by atoms with Gasteiger partial charge >= 0.3 is 0 Å². The molecule has 1 aliphatic rings. The Morgan fingerprint density at radius 2 is 2.44 bits per heavy atom. The molecule has 1 unspecified atom stereocenters. The van der Waals surface area contributed by atoms with Crippen molar-refractivity contribution in [2.75, 3.05) is 25.0 Å². The van der Waals surface area contributed by atoms with Crippen LogP contribution in [0.2, 0.25) is 0 Å². The van der Waals surface area contributed by atoms with Gasteiger partial charge in [-0.15, -0.1) is 0 Å². The molecule has 1 aromatic rings. The Bertz CT molecular complexity index is 408. The van der Waals surface area contributed by atoms with Crippen molar-refractivity contribution < 1.29 is 4.74 Å². The molecule has 1 aromatic carbocycles. The fourth-order valence-corrected chi connectivity index (χ4v) is 2.03. The van der Waals surface area contributed by atoms with Gasteiger partial charge in [0.25, 0.3) is 0 Å². The van der Waals surface area contributed by atoms with Crippen LogP contribution < -0.4 is 15.4 Å². The molecular formula is C14H19N3O. The average Bonchev–Trinajstić information content (AvgIpc) is 2.88. The highest BCUT2D eigenvalue weighted by Crippen LogP contribution is 2.19. The Morgan fingerprint density at radius 1 is 1.50 bits per heavy atom. The summed E-state index contributed by atoms with van der Waals surface area (Å²) in [6.45, 7) is 2.71. The number of hydrogen-bond acceptors (Lipinski definition) is 4. The van der Waals surface area contributed by atoms with Crippen molar-refractivity contribution in [3.05, 3.63) is 24.3 Å². The molecule has 0 aromatic heterocycles. The van der Waals surface area contributed by atoms with E-state index < -0.39 is 0 Å². The van der Waals surface area contributed by atoms with Gasteiger partial charge < -0.3 is 15.4 Å². The molecule has 1 atom stereocenters. The van der Waals surface area contributed by atoms with E-state index in [2.05, 4.69) is 22.8 Å². The zero-order chi connectivity index (χ0) is 12.6. The van der Waals surface area contributed by atoms with Gasteiger partial charge in [-0.3, -0.25) is 0 Å². The Balaban J connectivity index is 1.82. The average molecular weight is 245 g/mol. The molecule has 1 aliphatic heterocycles. The highest BCUT2D eigenvalue weighted by Gasteiger charge is 2.13. The third kappa shape index (κ3) is 3.94. The number of anilines is 1. The first-order valence-corrected chi connectivity index (χ1v) is 6.45. The van der Waals surface area contributed by atoms with Crippen molar-refractivity contribution in [1.82, 2.24) is 5.32 Å².